The molecule has 5 amide bonds. The Kier molecular flexibility index (Phi) is 4.54. The third kappa shape index (κ3) is 3.22. The summed E-state index contributed by atoms with van der Waals surface area (Å²) in [6.45, 7) is 0. The highest BCUT2D eigenvalue weighted by atomic mass is 79.9. The summed E-state index contributed by atoms with van der Waals surface area (Å²) in [5.74, 6) is -1.18. The van der Waals surface area contributed by atoms with Crippen molar-refractivity contribution in [3.05, 3.63) is 63.9 Å². The molecule has 7 nitrogen and oxygen atoms in total. The predicted octanol–water partition coefficient (Wildman–Crippen LogP) is 3.10. The van der Waals surface area contributed by atoms with Crippen LogP contribution in [0, 0.1) is 5.82 Å². The Morgan fingerprint density at radius 3 is 2.68 bits per heavy atom. The summed E-state index contributed by atoms with van der Waals surface area (Å²) < 4.78 is 14.4. The molecule has 4 rings (SSSR count). The maximum atomic E-state index is 13.9. The minimum absolute atomic E-state index is 0.0749. The summed E-state index contributed by atoms with van der Waals surface area (Å²) >= 11 is 3.13. The Hall–Kier alpha value is -2.94. The molecule has 0 aromatic heterocycles. The number of hydrogen-bond acceptors (Lipinski definition) is 3. The second-order valence-electron chi connectivity index (χ2n) is 6.79. The first-order valence-corrected chi connectivity index (χ1v) is 9.43. The van der Waals surface area contributed by atoms with E-state index in [1.165, 1.54) is 12.1 Å². The van der Waals surface area contributed by atoms with Gasteiger partial charge in [-0.2, -0.15) is 5.01 Å². The Morgan fingerprint density at radius 1 is 1.18 bits per heavy atom. The lowest BCUT2D eigenvalue weighted by molar-refractivity contribution is -0.133. The first kappa shape index (κ1) is 18.4. The number of benzene rings is 2. The fraction of sp³-hybridized carbons (Fsp3) is 0.211. The van der Waals surface area contributed by atoms with Gasteiger partial charge in [0.2, 0.25) is 0 Å². The monoisotopic (exact) mass is 446 g/mol. The molecule has 1 aliphatic heterocycles. The van der Waals surface area contributed by atoms with Crippen LogP contribution in [0.1, 0.15) is 17.5 Å². The van der Waals surface area contributed by atoms with E-state index in [0.29, 0.717) is 28.7 Å². The summed E-state index contributed by atoms with van der Waals surface area (Å²) in [7, 11) is 0. The van der Waals surface area contributed by atoms with E-state index in [2.05, 4.69) is 32.0 Å². The molecule has 1 heterocycles. The van der Waals surface area contributed by atoms with Crippen molar-refractivity contribution < 1.29 is 18.8 Å². The molecule has 3 N–H and O–H groups in total. The van der Waals surface area contributed by atoms with Gasteiger partial charge in [-0.05, 0) is 42.2 Å². The van der Waals surface area contributed by atoms with E-state index in [1.54, 1.807) is 6.07 Å². The van der Waals surface area contributed by atoms with Gasteiger partial charge in [-0.15, -0.1) is 0 Å². The molecule has 0 bridgehead atoms. The molecule has 2 aliphatic rings. The van der Waals surface area contributed by atoms with Gasteiger partial charge in [-0.3, -0.25) is 4.79 Å². The van der Waals surface area contributed by atoms with Crippen molar-refractivity contribution in [3.63, 3.8) is 0 Å². The minimum Gasteiger partial charge on any atom is -0.321 e. The van der Waals surface area contributed by atoms with Crippen molar-refractivity contribution in [3.8, 4) is 0 Å². The lowest BCUT2D eigenvalue weighted by Gasteiger charge is -2.32. The maximum Gasteiger partial charge on any atom is 0.344 e. The lowest BCUT2D eigenvalue weighted by atomic mass is 9.78. The number of nitrogens with one attached hydrogen (secondary N) is 3. The highest BCUT2D eigenvalue weighted by molar-refractivity contribution is 9.10. The number of aryl methyl sites for hydroxylation is 1. The number of hydrazine groups is 1. The highest BCUT2D eigenvalue weighted by Gasteiger charge is 2.53. The van der Waals surface area contributed by atoms with Gasteiger partial charge in [-0.1, -0.05) is 40.2 Å². The van der Waals surface area contributed by atoms with Crippen molar-refractivity contribution in [1.29, 1.82) is 0 Å². The molecule has 0 saturated carbocycles. The van der Waals surface area contributed by atoms with Crippen molar-refractivity contribution in [2.24, 2.45) is 0 Å². The van der Waals surface area contributed by atoms with Crippen LogP contribution in [0.4, 0.5) is 19.7 Å². The molecule has 28 heavy (non-hydrogen) atoms. The number of rotatable bonds is 2. The summed E-state index contributed by atoms with van der Waals surface area (Å²) in [5.41, 5.74) is 3.19. The van der Waals surface area contributed by atoms with Crippen LogP contribution in [0.3, 0.4) is 0 Å². The topological polar surface area (TPSA) is 90.5 Å². The molecule has 1 saturated heterocycles. The second kappa shape index (κ2) is 6.90. The fourth-order valence-electron chi connectivity index (χ4n) is 3.59. The Labute approximate surface area is 168 Å². The van der Waals surface area contributed by atoms with Crippen LogP contribution >= 0.6 is 15.9 Å². The summed E-state index contributed by atoms with van der Waals surface area (Å²) in [5, 5.41) is 5.66. The molecule has 2 aromatic carbocycles. The van der Waals surface area contributed by atoms with Crippen molar-refractivity contribution >= 4 is 39.6 Å². The Balaban J connectivity index is 1.48. The Bertz CT molecular complexity index is 999. The number of carbonyl (C=O) groups is 3. The van der Waals surface area contributed by atoms with Gasteiger partial charge in [0.1, 0.15) is 11.4 Å². The van der Waals surface area contributed by atoms with Crippen LogP contribution in [-0.2, 0) is 17.6 Å². The van der Waals surface area contributed by atoms with Crippen LogP contribution in [0.15, 0.2) is 46.9 Å². The fourth-order valence-corrected chi connectivity index (χ4v) is 3.92. The van der Waals surface area contributed by atoms with E-state index < -0.39 is 29.3 Å². The molecule has 1 aliphatic carbocycles. The first-order valence-electron chi connectivity index (χ1n) is 8.64. The SMILES string of the molecule is O=C(Nc1ccc(Br)cc1F)NN1C(=O)NC2(CCc3ccccc3C2)C1=O. The van der Waals surface area contributed by atoms with Crippen molar-refractivity contribution in [2.75, 3.05) is 5.32 Å². The number of carbonyl (C=O) groups excluding carboxylic acids is 3. The molecule has 0 radical (unpaired) electrons. The van der Waals surface area contributed by atoms with E-state index >= 15 is 0 Å². The molecule has 1 atom stereocenters. The van der Waals surface area contributed by atoms with Gasteiger partial charge in [0.25, 0.3) is 5.91 Å². The minimum atomic E-state index is -1.08. The average molecular weight is 447 g/mol. The van der Waals surface area contributed by atoms with Crippen LogP contribution < -0.4 is 16.1 Å². The maximum absolute atomic E-state index is 13.9. The average Bonchev–Trinajstić information content (AvgIpc) is 2.88. The van der Waals surface area contributed by atoms with Gasteiger partial charge in [0.05, 0.1) is 5.69 Å². The van der Waals surface area contributed by atoms with E-state index in [4.69, 9.17) is 0 Å². The number of anilines is 1. The first-order chi connectivity index (χ1) is 13.4. The van der Waals surface area contributed by atoms with Gasteiger partial charge in [-0.25, -0.2) is 19.4 Å². The number of halogens is 2. The van der Waals surface area contributed by atoms with Crippen LogP contribution in [0.5, 0.6) is 0 Å². The zero-order valence-electron chi connectivity index (χ0n) is 14.6. The number of imide groups is 1. The molecule has 1 unspecified atom stereocenters. The van der Waals surface area contributed by atoms with E-state index in [-0.39, 0.29) is 5.69 Å². The molecular weight excluding hydrogens is 431 g/mol. The van der Waals surface area contributed by atoms with Crippen molar-refractivity contribution in [1.82, 2.24) is 15.8 Å². The Morgan fingerprint density at radius 2 is 1.93 bits per heavy atom. The number of fused-ring (bicyclic) bond motifs is 1. The molecule has 1 fully saturated rings. The van der Waals surface area contributed by atoms with Crippen molar-refractivity contribution in [2.45, 2.75) is 24.8 Å². The molecule has 144 valence electrons. The van der Waals surface area contributed by atoms with Gasteiger partial charge in [0, 0.05) is 10.9 Å². The quantitative estimate of drug-likeness (QED) is 0.619. The second-order valence-corrected chi connectivity index (χ2v) is 7.70. The van der Waals surface area contributed by atoms with Gasteiger partial charge < -0.3 is 10.6 Å². The predicted molar refractivity (Wildman–Crippen MR) is 103 cm³/mol. The van der Waals surface area contributed by atoms with E-state index in [1.807, 2.05) is 24.3 Å². The number of amides is 5. The zero-order valence-corrected chi connectivity index (χ0v) is 16.2. The normalized spacial score (nSPS) is 20.7. The van der Waals surface area contributed by atoms with E-state index in [0.717, 1.165) is 11.1 Å². The molecule has 2 aromatic rings. The molecule has 1 spiro atoms. The smallest absolute Gasteiger partial charge is 0.321 e. The third-order valence-corrected chi connectivity index (χ3v) is 5.48. The van der Waals surface area contributed by atoms with Crippen LogP contribution in [-0.4, -0.2) is 28.5 Å². The highest BCUT2D eigenvalue weighted by Crippen LogP contribution is 2.33. The third-order valence-electron chi connectivity index (χ3n) is 4.99. The van der Waals surface area contributed by atoms with Crippen LogP contribution in [0.2, 0.25) is 0 Å². The van der Waals surface area contributed by atoms with Gasteiger partial charge >= 0.3 is 12.1 Å². The number of hydrogen-bond donors (Lipinski definition) is 3. The zero-order chi connectivity index (χ0) is 19.9. The standard InChI is InChI=1S/C19H16BrFN4O3/c20-13-5-6-15(14(21)9-13)22-17(27)24-25-16(26)19(23-18(25)28)8-7-11-3-1-2-4-12(11)10-19/h1-6,9H,7-8,10H2,(H,23,28)(H2,22,24,27). The number of urea groups is 2. The lowest BCUT2D eigenvalue weighted by Crippen LogP contribution is -2.53. The number of nitrogens with zero attached hydrogens (tertiary/aromatic N) is 1. The molecular formula is C19H16BrFN4O3. The van der Waals surface area contributed by atoms with E-state index in [9.17, 15) is 18.8 Å². The van der Waals surface area contributed by atoms with Gasteiger partial charge in [0.15, 0.2) is 0 Å². The summed E-state index contributed by atoms with van der Waals surface area (Å²) in [6.07, 6.45) is 1.44. The summed E-state index contributed by atoms with van der Waals surface area (Å²) in [4.78, 5) is 37.5. The molecule has 9 heteroatoms. The largest absolute Gasteiger partial charge is 0.344 e. The van der Waals surface area contributed by atoms with Crippen LogP contribution in [0.25, 0.3) is 0 Å². The summed E-state index contributed by atoms with van der Waals surface area (Å²) in [6, 6.07) is 10.3.